The van der Waals surface area contributed by atoms with Gasteiger partial charge in [-0.1, -0.05) is 0 Å². The predicted molar refractivity (Wildman–Crippen MR) is 55.4 cm³/mol. The van der Waals surface area contributed by atoms with Gasteiger partial charge in [0.25, 0.3) is 11.1 Å². The van der Waals surface area contributed by atoms with Crippen LogP contribution in [-0.2, 0) is 0 Å². The lowest BCUT2D eigenvalue weighted by atomic mass is 10.7. The van der Waals surface area contributed by atoms with E-state index in [0.717, 1.165) is 11.7 Å². The van der Waals surface area contributed by atoms with E-state index in [2.05, 4.69) is 13.7 Å². The minimum atomic E-state index is -0.332. The molecule has 5 nitrogen and oxygen atoms in total. The lowest BCUT2D eigenvalue weighted by Gasteiger charge is -1.80. The fraction of sp³-hybridized carbons (Fsp3) is 0. The highest BCUT2D eigenvalue weighted by Gasteiger charge is 2.07. The van der Waals surface area contributed by atoms with Gasteiger partial charge < -0.3 is 0 Å². The summed E-state index contributed by atoms with van der Waals surface area (Å²) in [4.78, 5) is 26.2. The largest absolute Gasteiger partial charge is 0.287 e. The molecule has 0 aliphatic carbocycles. The number of hydrogen-bond acceptors (Lipinski definition) is 7. The van der Waals surface area contributed by atoms with Crippen molar-refractivity contribution in [1.29, 1.82) is 0 Å². The molecule has 14 heavy (non-hydrogen) atoms. The molecule has 0 amide bonds. The molecular weight excluding hydrogens is 242 g/mol. The number of nitrogens with zero attached hydrogens (tertiary/aromatic N) is 2. The van der Waals surface area contributed by atoms with Crippen molar-refractivity contribution in [3.8, 4) is 0 Å². The lowest BCUT2D eigenvalue weighted by molar-refractivity contribution is 1.24. The second-order valence-corrected chi connectivity index (χ2v) is 5.05. The first-order valence-corrected chi connectivity index (χ1v) is 5.90. The van der Waals surface area contributed by atoms with Crippen LogP contribution in [0.2, 0.25) is 0 Å². The van der Waals surface area contributed by atoms with Crippen molar-refractivity contribution < 1.29 is 0 Å². The van der Waals surface area contributed by atoms with E-state index in [0.29, 0.717) is 18.7 Å². The van der Waals surface area contributed by atoms with E-state index in [9.17, 15) is 9.59 Å². The third-order valence-electron chi connectivity index (χ3n) is 1.67. The van der Waals surface area contributed by atoms with Crippen LogP contribution in [0.25, 0.3) is 9.66 Å². The Morgan fingerprint density at radius 1 is 0.929 bits per heavy atom. The molecule has 0 spiro atoms. The molecule has 0 radical (unpaired) electrons. The molecule has 3 heterocycles. The van der Waals surface area contributed by atoms with Crippen LogP contribution in [0.5, 0.6) is 0 Å². The molecule has 70 valence electrons. The summed E-state index contributed by atoms with van der Waals surface area (Å²) < 4.78 is 8.94. The van der Waals surface area contributed by atoms with Gasteiger partial charge >= 0.3 is 0 Å². The Morgan fingerprint density at radius 3 is 1.93 bits per heavy atom. The van der Waals surface area contributed by atoms with Crippen LogP contribution < -0.4 is 11.1 Å². The van der Waals surface area contributed by atoms with E-state index in [4.69, 9.17) is 0 Å². The minimum absolute atomic E-state index is 0.332. The van der Waals surface area contributed by atoms with Crippen LogP contribution in [-0.4, -0.2) is 13.7 Å². The van der Waals surface area contributed by atoms with Crippen molar-refractivity contribution in [3.05, 3.63) is 29.8 Å². The fourth-order valence-electron chi connectivity index (χ4n) is 1.10. The molecule has 8 heteroatoms. The standard InChI is InChI=1S/C6HN3O2S3/c10-3-1-2(4(11)7-3)13-6-5(12-1)8-14-9-6/h(H,7,10,11). The van der Waals surface area contributed by atoms with Crippen molar-refractivity contribution >= 4 is 44.1 Å². The molecule has 0 bridgehead atoms. The molecule has 0 saturated carbocycles. The van der Waals surface area contributed by atoms with Crippen molar-refractivity contribution in [2.24, 2.45) is 0 Å². The molecule has 0 fully saturated rings. The summed E-state index contributed by atoms with van der Waals surface area (Å²) in [6, 6.07) is 0. The second kappa shape index (κ2) is 2.69. The van der Waals surface area contributed by atoms with Gasteiger partial charge in [0, 0.05) is 0 Å². The maximum atomic E-state index is 11.3. The van der Waals surface area contributed by atoms with Gasteiger partial charge in [0.2, 0.25) is 0 Å². The topological polar surface area (TPSA) is 75.7 Å². The molecular formula is C6HN3O2S3. The number of aromatic nitrogens is 3. The zero-order valence-corrected chi connectivity index (χ0v) is 8.89. The van der Waals surface area contributed by atoms with Gasteiger partial charge in [-0.15, -0.1) is 22.7 Å². The van der Waals surface area contributed by atoms with Gasteiger partial charge in [-0.25, -0.2) is 0 Å². The molecule has 1 aromatic rings. The average Bonchev–Trinajstić information content (AvgIpc) is 2.70. The van der Waals surface area contributed by atoms with Gasteiger partial charge in [0.1, 0.15) is 9.06 Å². The number of rotatable bonds is 0. The van der Waals surface area contributed by atoms with E-state index < -0.39 is 0 Å². The van der Waals surface area contributed by atoms with E-state index in [1.165, 1.54) is 22.7 Å². The zero-order valence-electron chi connectivity index (χ0n) is 6.44. The SMILES string of the molecule is O=c1[nH]c(=O)c2sc3nsnc3sc1=2. The van der Waals surface area contributed by atoms with Gasteiger partial charge in [0.05, 0.1) is 11.7 Å². The average molecular weight is 243 g/mol. The van der Waals surface area contributed by atoms with Crippen LogP contribution in [0.1, 0.15) is 0 Å². The molecule has 0 unspecified atom stereocenters. The smallest absolute Gasteiger partial charge is 0.269 e. The van der Waals surface area contributed by atoms with Crippen molar-refractivity contribution in [3.63, 3.8) is 0 Å². The molecule has 2 aliphatic rings. The van der Waals surface area contributed by atoms with Crippen molar-refractivity contribution in [1.82, 2.24) is 13.7 Å². The highest BCUT2D eigenvalue weighted by molar-refractivity contribution is 7.27. The molecule has 1 N–H and O–H groups in total. The van der Waals surface area contributed by atoms with Crippen LogP contribution in [0.15, 0.2) is 9.59 Å². The third-order valence-corrected chi connectivity index (χ3v) is 4.83. The van der Waals surface area contributed by atoms with E-state index in [-0.39, 0.29) is 11.1 Å². The summed E-state index contributed by atoms with van der Waals surface area (Å²) in [6.45, 7) is 0. The van der Waals surface area contributed by atoms with E-state index in [1.807, 2.05) is 0 Å². The summed E-state index contributed by atoms with van der Waals surface area (Å²) in [6.07, 6.45) is 0. The van der Waals surface area contributed by atoms with Gasteiger partial charge in [-0.05, 0) is 0 Å². The molecule has 0 atom stereocenters. The second-order valence-electron chi connectivity index (χ2n) is 2.52. The molecule has 0 saturated heterocycles. The highest BCUT2D eigenvalue weighted by Crippen LogP contribution is 2.20. The molecule has 1 aromatic heterocycles. The fourth-order valence-corrected chi connectivity index (χ4v) is 3.89. The number of H-pyrrole nitrogens is 1. The Labute approximate surface area is 87.7 Å². The van der Waals surface area contributed by atoms with Crippen LogP contribution in [0.3, 0.4) is 0 Å². The predicted octanol–water partition coefficient (Wildman–Crippen LogP) is 0.588. The quantitative estimate of drug-likeness (QED) is 0.627. The molecule has 3 rings (SSSR count). The number of hydrogen-bond donors (Lipinski definition) is 1. The maximum absolute atomic E-state index is 11.3. The first-order chi connectivity index (χ1) is 6.75. The minimum Gasteiger partial charge on any atom is -0.287 e. The first-order valence-electron chi connectivity index (χ1n) is 3.54. The third kappa shape index (κ3) is 0.982. The van der Waals surface area contributed by atoms with Crippen LogP contribution >= 0.6 is 34.4 Å². The summed E-state index contributed by atoms with van der Waals surface area (Å²) in [5, 5.41) is 0. The summed E-state index contributed by atoms with van der Waals surface area (Å²) >= 11 is 3.50. The number of aromatic amines is 1. The van der Waals surface area contributed by atoms with Gasteiger partial charge in [-0.2, -0.15) is 8.75 Å². The summed E-state index contributed by atoms with van der Waals surface area (Å²) in [7, 11) is 0. The maximum Gasteiger partial charge on any atom is 0.269 e. The summed E-state index contributed by atoms with van der Waals surface area (Å²) in [5.41, 5.74) is -0.665. The summed E-state index contributed by atoms with van der Waals surface area (Å²) in [5.74, 6) is 0. The Hall–Kier alpha value is -1.12. The number of nitrogens with one attached hydrogen (secondary N) is 1. The Balaban J connectivity index is 2.80. The Bertz CT molecular complexity index is 717. The highest BCUT2D eigenvalue weighted by atomic mass is 32.1. The Morgan fingerprint density at radius 2 is 1.43 bits per heavy atom. The number of fused-ring (bicyclic) bond motifs is 1. The zero-order chi connectivity index (χ0) is 9.71. The van der Waals surface area contributed by atoms with Gasteiger partial charge in [0.15, 0.2) is 9.66 Å². The van der Waals surface area contributed by atoms with E-state index >= 15 is 0 Å². The molecule has 2 aliphatic heterocycles. The van der Waals surface area contributed by atoms with Crippen molar-refractivity contribution in [2.75, 3.05) is 0 Å². The van der Waals surface area contributed by atoms with Crippen LogP contribution in [0, 0.1) is 9.06 Å². The first kappa shape index (κ1) is 8.21. The van der Waals surface area contributed by atoms with Gasteiger partial charge in [-0.3, -0.25) is 14.6 Å². The van der Waals surface area contributed by atoms with E-state index in [1.54, 1.807) is 0 Å². The van der Waals surface area contributed by atoms with Crippen LogP contribution in [0.4, 0.5) is 0 Å². The normalized spacial score (nSPS) is 11.4. The van der Waals surface area contributed by atoms with Crippen molar-refractivity contribution in [2.45, 2.75) is 0 Å². The Kier molecular flexibility index (Phi) is 1.58. The molecule has 0 aromatic carbocycles. The monoisotopic (exact) mass is 243 g/mol. The lowest BCUT2D eigenvalue weighted by Crippen LogP contribution is -2.06.